The molecule has 0 spiro atoms. The van der Waals surface area contributed by atoms with Crippen LogP contribution >= 0.6 is 23.5 Å². The zero-order valence-electron chi connectivity index (χ0n) is 23.3. The molecule has 3 aromatic heterocycles. The highest BCUT2D eigenvalue weighted by molar-refractivity contribution is 8.13. The molecule has 214 valence electrons. The van der Waals surface area contributed by atoms with Gasteiger partial charge in [-0.25, -0.2) is 4.68 Å². The van der Waals surface area contributed by atoms with E-state index in [2.05, 4.69) is 51.4 Å². The van der Waals surface area contributed by atoms with E-state index >= 15 is 0 Å². The summed E-state index contributed by atoms with van der Waals surface area (Å²) in [7, 11) is 0. The van der Waals surface area contributed by atoms with Crippen molar-refractivity contribution in [1.29, 1.82) is 0 Å². The molecular formula is C31H27N9OS2. The van der Waals surface area contributed by atoms with Gasteiger partial charge in [0.05, 0.1) is 34.4 Å². The molecule has 0 aliphatic carbocycles. The average molecular weight is 606 g/mol. The van der Waals surface area contributed by atoms with Crippen molar-refractivity contribution >= 4 is 51.8 Å². The Bertz CT molecular complexity index is 1850. The fraction of sp³-hybridized carbons (Fsp3) is 0.0968. The van der Waals surface area contributed by atoms with Crippen LogP contribution in [0, 0.1) is 13.8 Å². The second-order valence-electron chi connectivity index (χ2n) is 9.55. The molecule has 0 radical (unpaired) electrons. The number of aliphatic imine (C=N–C) groups is 1. The number of carbonyl (C=O) groups excluding carboxylic acids is 1. The molecule has 10 nitrogen and oxygen atoms in total. The van der Waals surface area contributed by atoms with Gasteiger partial charge in [-0.1, -0.05) is 48.5 Å². The van der Waals surface area contributed by atoms with Gasteiger partial charge < -0.3 is 5.32 Å². The number of hydrogen-bond donors (Lipinski definition) is 2. The fourth-order valence-electron chi connectivity index (χ4n) is 4.44. The Hall–Kier alpha value is -5.07. The highest BCUT2D eigenvalue weighted by Gasteiger charge is 2.26. The van der Waals surface area contributed by atoms with Crippen molar-refractivity contribution in [2.24, 2.45) is 4.99 Å². The van der Waals surface area contributed by atoms with Crippen LogP contribution in [-0.4, -0.2) is 41.2 Å². The number of hydrogen-bond acceptors (Lipinski definition) is 10. The lowest BCUT2D eigenvalue weighted by Crippen LogP contribution is -2.16. The molecule has 7 rings (SSSR count). The molecule has 43 heavy (non-hydrogen) atoms. The zero-order chi connectivity index (χ0) is 29.6. The minimum absolute atomic E-state index is 0.0150. The quantitative estimate of drug-likeness (QED) is 0.145. The predicted molar refractivity (Wildman–Crippen MR) is 173 cm³/mol. The third-order valence-corrected chi connectivity index (χ3v) is 8.09. The summed E-state index contributed by atoms with van der Waals surface area (Å²) in [6, 6.07) is 27.4. The van der Waals surface area contributed by atoms with Crippen molar-refractivity contribution in [1.82, 2.24) is 29.3 Å². The van der Waals surface area contributed by atoms with Gasteiger partial charge in [0, 0.05) is 52.2 Å². The van der Waals surface area contributed by atoms with Gasteiger partial charge in [-0.3, -0.25) is 19.2 Å². The van der Waals surface area contributed by atoms with Crippen LogP contribution in [0.15, 0.2) is 102 Å². The van der Waals surface area contributed by atoms with Crippen molar-refractivity contribution in [3.05, 3.63) is 120 Å². The Labute approximate surface area is 256 Å². The highest BCUT2D eigenvalue weighted by atomic mass is 32.2. The lowest BCUT2D eigenvalue weighted by atomic mass is 10.2. The third kappa shape index (κ3) is 6.40. The maximum atomic E-state index is 11.0. The first-order valence-electron chi connectivity index (χ1n) is 13.4. The SMILES string of the molecule is Cc1[nH]ncc1C1N=CSN1c1ccccc1.Cc1nn(-c2cccc(C=O)c2)cc1-c1nsc(Nc2ccccc2)n1. The minimum Gasteiger partial charge on any atom is -0.330 e. The number of aromatic amines is 1. The number of para-hydroxylation sites is 2. The Morgan fingerprint density at radius 1 is 0.953 bits per heavy atom. The van der Waals surface area contributed by atoms with Gasteiger partial charge in [-0.15, -0.1) is 0 Å². The van der Waals surface area contributed by atoms with Gasteiger partial charge >= 0.3 is 0 Å². The molecule has 0 saturated carbocycles. The van der Waals surface area contributed by atoms with Crippen LogP contribution in [0.25, 0.3) is 17.1 Å². The molecule has 0 amide bonds. The topological polar surface area (TPSA) is 117 Å². The lowest BCUT2D eigenvalue weighted by molar-refractivity contribution is 0.112. The maximum Gasteiger partial charge on any atom is 0.207 e. The molecule has 4 heterocycles. The fourth-order valence-corrected chi connectivity index (χ4v) is 5.84. The van der Waals surface area contributed by atoms with E-state index in [1.54, 1.807) is 28.8 Å². The van der Waals surface area contributed by atoms with Crippen molar-refractivity contribution in [3.8, 4) is 17.1 Å². The maximum absolute atomic E-state index is 11.0. The number of carbonyl (C=O) groups is 1. The molecule has 1 aliphatic heterocycles. The van der Waals surface area contributed by atoms with Gasteiger partial charge in [0.25, 0.3) is 0 Å². The Morgan fingerprint density at radius 2 is 1.72 bits per heavy atom. The first-order chi connectivity index (χ1) is 21.1. The number of aromatic nitrogens is 6. The van der Waals surface area contributed by atoms with Crippen LogP contribution in [0.5, 0.6) is 0 Å². The number of anilines is 3. The first-order valence-corrected chi connectivity index (χ1v) is 15.0. The molecule has 6 aromatic rings. The van der Waals surface area contributed by atoms with Crippen LogP contribution in [0.1, 0.15) is 33.5 Å². The molecule has 0 saturated heterocycles. The van der Waals surface area contributed by atoms with Gasteiger partial charge in [0.15, 0.2) is 12.0 Å². The smallest absolute Gasteiger partial charge is 0.207 e. The Balaban J connectivity index is 0.000000167. The summed E-state index contributed by atoms with van der Waals surface area (Å²) in [5.41, 5.74) is 9.30. The van der Waals surface area contributed by atoms with Crippen LogP contribution in [0.3, 0.4) is 0 Å². The first kappa shape index (κ1) is 28.1. The van der Waals surface area contributed by atoms with E-state index in [0.717, 1.165) is 51.0 Å². The van der Waals surface area contributed by atoms with E-state index in [0.29, 0.717) is 11.4 Å². The zero-order valence-corrected chi connectivity index (χ0v) is 25.0. The summed E-state index contributed by atoms with van der Waals surface area (Å²) in [5.74, 6) is 0.628. The largest absolute Gasteiger partial charge is 0.330 e. The van der Waals surface area contributed by atoms with Gasteiger partial charge in [0.2, 0.25) is 5.13 Å². The number of aryl methyl sites for hydroxylation is 2. The third-order valence-electron chi connectivity index (χ3n) is 6.60. The van der Waals surface area contributed by atoms with Crippen molar-refractivity contribution in [2.45, 2.75) is 20.0 Å². The number of H-pyrrole nitrogens is 1. The predicted octanol–water partition coefficient (Wildman–Crippen LogP) is 7.17. The summed E-state index contributed by atoms with van der Waals surface area (Å²) in [6.07, 6.45) is 4.57. The monoisotopic (exact) mass is 605 g/mol. The van der Waals surface area contributed by atoms with Crippen molar-refractivity contribution in [3.63, 3.8) is 0 Å². The number of rotatable bonds is 7. The van der Waals surface area contributed by atoms with Crippen LogP contribution in [0.2, 0.25) is 0 Å². The molecule has 0 fully saturated rings. The number of nitrogens with one attached hydrogen (secondary N) is 2. The van der Waals surface area contributed by atoms with Gasteiger partial charge in [-0.2, -0.15) is 19.6 Å². The number of aldehydes is 1. The number of benzene rings is 3. The van der Waals surface area contributed by atoms with E-state index < -0.39 is 0 Å². The Morgan fingerprint density at radius 3 is 2.47 bits per heavy atom. The molecule has 1 aliphatic rings. The average Bonchev–Trinajstić information content (AvgIpc) is 3.86. The Kier molecular flexibility index (Phi) is 8.38. The highest BCUT2D eigenvalue weighted by Crippen LogP contribution is 2.38. The van der Waals surface area contributed by atoms with Crippen molar-refractivity contribution in [2.75, 3.05) is 9.62 Å². The van der Waals surface area contributed by atoms with E-state index in [9.17, 15) is 4.79 Å². The van der Waals surface area contributed by atoms with E-state index in [1.807, 2.05) is 92.5 Å². The second-order valence-corrected chi connectivity index (χ2v) is 11.1. The summed E-state index contributed by atoms with van der Waals surface area (Å²) < 4.78 is 8.36. The normalized spacial score (nSPS) is 13.9. The number of nitrogens with zero attached hydrogens (tertiary/aromatic N) is 7. The van der Waals surface area contributed by atoms with Gasteiger partial charge in [0.1, 0.15) is 6.29 Å². The van der Waals surface area contributed by atoms with Crippen molar-refractivity contribution < 1.29 is 4.79 Å². The van der Waals surface area contributed by atoms with Crippen LogP contribution < -0.4 is 9.62 Å². The molecule has 2 N–H and O–H groups in total. The molecule has 1 unspecified atom stereocenters. The lowest BCUT2D eigenvalue weighted by Gasteiger charge is -2.23. The van der Waals surface area contributed by atoms with E-state index in [-0.39, 0.29) is 6.17 Å². The van der Waals surface area contributed by atoms with E-state index in [4.69, 9.17) is 0 Å². The molecule has 3 aromatic carbocycles. The summed E-state index contributed by atoms with van der Waals surface area (Å²) in [5, 5.41) is 15.5. The minimum atomic E-state index is 0.0150. The van der Waals surface area contributed by atoms with E-state index in [1.165, 1.54) is 11.5 Å². The van der Waals surface area contributed by atoms with Crippen LogP contribution in [-0.2, 0) is 0 Å². The second kappa shape index (κ2) is 12.8. The molecule has 12 heteroatoms. The summed E-state index contributed by atoms with van der Waals surface area (Å²) >= 11 is 2.91. The molecular weight excluding hydrogens is 579 g/mol. The molecule has 0 bridgehead atoms. The summed E-state index contributed by atoms with van der Waals surface area (Å²) in [6.45, 7) is 3.94. The summed E-state index contributed by atoms with van der Waals surface area (Å²) in [4.78, 5) is 20.0. The molecule has 1 atom stereocenters. The standard InChI is InChI=1S/C19H15N5OS.C12H12N4S/c1-13-17(11-24(22-13)16-9-5-6-14(10-16)12-25)18-21-19(26-23-18)20-15-7-3-2-4-8-15;1-9-11(7-14-15-9)12-13-8-17-16(12)10-5-3-2-4-6-10/h2-12H,1H3,(H,20,21,23);2-8,12H,1H3,(H,14,15). The van der Waals surface area contributed by atoms with Crippen LogP contribution in [0.4, 0.5) is 16.5 Å². The van der Waals surface area contributed by atoms with Gasteiger partial charge in [-0.05, 0) is 50.2 Å².